The maximum absolute atomic E-state index is 0. The van der Waals surface area contributed by atoms with Crippen molar-refractivity contribution in [2.75, 3.05) is 0 Å². The van der Waals surface area contributed by atoms with Crippen LogP contribution in [0.25, 0.3) is 0 Å². The first-order valence-electron chi connectivity index (χ1n) is 0. The zero-order valence-corrected chi connectivity index (χ0v) is 8.46. The molecule has 0 heterocycles. The van der Waals surface area contributed by atoms with Gasteiger partial charge >= 0.3 is 0 Å². The van der Waals surface area contributed by atoms with Crippen molar-refractivity contribution in [2.45, 2.75) is 0 Å². The number of hydrogen-bond donors (Lipinski definition) is 0. The van der Waals surface area contributed by atoms with E-state index in [2.05, 4.69) is 0 Å². The van der Waals surface area contributed by atoms with Gasteiger partial charge in [0, 0.05) is 40.8 Å². The second-order valence-electron chi connectivity index (χ2n) is 0. The molecule has 0 rings (SSSR count). The molecule has 0 atom stereocenters. The van der Waals surface area contributed by atoms with Crippen LogP contribution in [-0.4, -0.2) is 0 Å². The number of halogens is 6. The fourth-order valence-corrected chi connectivity index (χ4v) is 0. The predicted molar refractivity (Wildman–Crippen MR) is 0 cm³/mol. The second-order valence-corrected chi connectivity index (χ2v) is 0. The van der Waals surface area contributed by atoms with Crippen LogP contribution in [0, 0.1) is 0 Å². The SMILES string of the molecule is [F-].[F-].[F-].[F-].[F-].[F-].[Re].[Re]. The van der Waals surface area contributed by atoms with Crippen molar-refractivity contribution in [1.29, 1.82) is 0 Å². The van der Waals surface area contributed by atoms with Crippen LogP contribution < -0.4 is 28.2 Å². The van der Waals surface area contributed by atoms with Gasteiger partial charge in [0.15, 0.2) is 0 Å². The maximum atomic E-state index is 0. The standard InChI is InChI=1S/6FH.2Re/h6*1H;;/p-6. The van der Waals surface area contributed by atoms with Gasteiger partial charge in [-0.1, -0.05) is 0 Å². The zero-order chi connectivity index (χ0) is 0. The van der Waals surface area contributed by atoms with Gasteiger partial charge in [0.25, 0.3) is 0 Å². The summed E-state index contributed by atoms with van der Waals surface area (Å²) in [4.78, 5) is 0. The van der Waals surface area contributed by atoms with Gasteiger partial charge in [-0.3, -0.25) is 0 Å². The van der Waals surface area contributed by atoms with Crippen LogP contribution in [0.3, 0.4) is 0 Å². The molecule has 0 N–H and O–H groups in total. The monoisotopic (exact) mass is 488 g/mol. The minimum atomic E-state index is 0. The molecular weight excluding hydrogens is 486 g/mol. The van der Waals surface area contributed by atoms with E-state index in [1.807, 2.05) is 0 Å². The van der Waals surface area contributed by atoms with Crippen LogP contribution in [0.15, 0.2) is 0 Å². The first-order valence-corrected chi connectivity index (χ1v) is 0. The molecule has 0 amide bonds. The molecule has 8 heteroatoms. The van der Waals surface area contributed by atoms with E-state index in [9.17, 15) is 0 Å². The van der Waals surface area contributed by atoms with Gasteiger partial charge < -0.3 is 28.2 Å². The summed E-state index contributed by atoms with van der Waals surface area (Å²) >= 11 is 0. The van der Waals surface area contributed by atoms with E-state index in [-0.39, 0.29) is 69.1 Å². The van der Waals surface area contributed by atoms with Crippen molar-refractivity contribution in [3.8, 4) is 0 Å². The fourth-order valence-electron chi connectivity index (χ4n) is 0. The average molecular weight is 486 g/mol. The molecule has 0 saturated carbocycles. The third-order valence-corrected chi connectivity index (χ3v) is 0. The van der Waals surface area contributed by atoms with Gasteiger partial charge in [0.2, 0.25) is 0 Å². The van der Waals surface area contributed by atoms with E-state index < -0.39 is 0 Å². The quantitative estimate of drug-likeness (QED) is 0.299. The van der Waals surface area contributed by atoms with Crippen LogP contribution in [0.4, 0.5) is 0 Å². The fraction of sp³-hybridized carbons (Fsp3) is 0. The zero-order valence-electron chi connectivity index (χ0n) is 3.02. The first-order chi connectivity index (χ1) is 0. The van der Waals surface area contributed by atoms with E-state index in [0.29, 0.717) is 0 Å². The second kappa shape index (κ2) is 460. The molecule has 0 aromatic rings. The molecule has 2 radical (unpaired) electrons. The van der Waals surface area contributed by atoms with Crippen molar-refractivity contribution >= 4 is 0 Å². The Hall–Kier alpha value is 0.905. The summed E-state index contributed by atoms with van der Waals surface area (Å²) in [6.45, 7) is 0. The summed E-state index contributed by atoms with van der Waals surface area (Å²) in [6.07, 6.45) is 0. The largest absolute Gasteiger partial charge is 1.00 e. The molecule has 0 aliphatic carbocycles. The average Bonchev–Trinajstić information content (AvgIpc) is 0. The molecule has 0 aromatic heterocycles. The normalized spacial score (nSPS) is 0. The molecule has 0 bridgehead atoms. The van der Waals surface area contributed by atoms with Crippen molar-refractivity contribution in [3.63, 3.8) is 0 Å². The Morgan fingerprint density at radius 2 is 0.250 bits per heavy atom. The van der Waals surface area contributed by atoms with Crippen LogP contribution >= 0.6 is 0 Å². The minimum absolute atomic E-state index is 0. The van der Waals surface area contributed by atoms with E-state index in [1.54, 1.807) is 0 Å². The Balaban J connectivity index is 0. The van der Waals surface area contributed by atoms with E-state index >= 15 is 0 Å². The van der Waals surface area contributed by atoms with Gasteiger partial charge in [-0.25, -0.2) is 0 Å². The third kappa shape index (κ3) is 294. The maximum Gasteiger partial charge on any atom is 0 e. The molecule has 0 spiro atoms. The molecule has 62 valence electrons. The van der Waals surface area contributed by atoms with Crippen LogP contribution in [0.5, 0.6) is 0 Å². The molecule has 0 aliphatic heterocycles. The Morgan fingerprint density at radius 1 is 0.250 bits per heavy atom. The predicted octanol–water partition coefficient (Wildman–Crippen LogP) is -18.0. The van der Waals surface area contributed by atoms with Gasteiger partial charge in [0.05, 0.1) is 0 Å². The van der Waals surface area contributed by atoms with Crippen molar-refractivity contribution in [2.24, 2.45) is 0 Å². The molecule has 0 aromatic carbocycles. The van der Waals surface area contributed by atoms with Crippen LogP contribution in [0.2, 0.25) is 0 Å². The Labute approximate surface area is 69.3 Å². The van der Waals surface area contributed by atoms with Crippen LogP contribution in [-0.2, 0) is 40.8 Å². The molecule has 0 unspecified atom stereocenters. The minimum Gasteiger partial charge on any atom is -1.00 e. The van der Waals surface area contributed by atoms with Gasteiger partial charge in [-0.15, -0.1) is 0 Å². The number of hydrogen-bond acceptors (Lipinski definition) is 0. The summed E-state index contributed by atoms with van der Waals surface area (Å²) in [7, 11) is 0. The molecule has 0 fully saturated rings. The Morgan fingerprint density at radius 3 is 0.250 bits per heavy atom. The van der Waals surface area contributed by atoms with E-state index in [4.69, 9.17) is 0 Å². The summed E-state index contributed by atoms with van der Waals surface area (Å²) in [5.74, 6) is 0. The first kappa shape index (κ1) is 680. The summed E-state index contributed by atoms with van der Waals surface area (Å²) < 4.78 is 0. The molecule has 0 saturated heterocycles. The van der Waals surface area contributed by atoms with E-state index in [1.165, 1.54) is 0 Å². The summed E-state index contributed by atoms with van der Waals surface area (Å²) in [5.41, 5.74) is 0. The topological polar surface area (TPSA) is 0 Å². The smallest absolute Gasteiger partial charge is 0 e. The molecule has 0 nitrogen and oxygen atoms in total. The van der Waals surface area contributed by atoms with Crippen molar-refractivity contribution in [3.05, 3.63) is 0 Å². The van der Waals surface area contributed by atoms with Gasteiger partial charge in [-0.05, 0) is 0 Å². The Bertz CT molecular complexity index is 6.49. The van der Waals surface area contributed by atoms with Crippen molar-refractivity contribution in [1.82, 2.24) is 0 Å². The molecule has 8 heavy (non-hydrogen) atoms. The van der Waals surface area contributed by atoms with Gasteiger partial charge in [0.1, 0.15) is 0 Å². The third-order valence-electron chi connectivity index (χ3n) is 0. The van der Waals surface area contributed by atoms with Crippen molar-refractivity contribution < 1.29 is 69.1 Å². The number of rotatable bonds is 0. The van der Waals surface area contributed by atoms with Crippen LogP contribution in [0.1, 0.15) is 0 Å². The Kier molecular flexibility index (Phi) is 39100. The molecular formula is F6Re2-6. The molecule has 0 aliphatic rings. The van der Waals surface area contributed by atoms with E-state index in [0.717, 1.165) is 0 Å². The van der Waals surface area contributed by atoms with Gasteiger partial charge in [-0.2, -0.15) is 0 Å². The summed E-state index contributed by atoms with van der Waals surface area (Å²) in [6, 6.07) is 0. The summed E-state index contributed by atoms with van der Waals surface area (Å²) in [5, 5.41) is 0.